The van der Waals surface area contributed by atoms with Crippen molar-refractivity contribution in [2.45, 2.75) is 6.92 Å². The summed E-state index contributed by atoms with van der Waals surface area (Å²) < 4.78 is 34.9. The third-order valence-electron chi connectivity index (χ3n) is 4.32. The molecule has 2 aromatic rings. The van der Waals surface area contributed by atoms with Crippen LogP contribution in [0, 0.1) is 6.92 Å². The molecular formula is C19H24ClN3O3S. The molecule has 0 aliphatic carbocycles. The van der Waals surface area contributed by atoms with E-state index in [2.05, 4.69) is 0 Å². The molecule has 0 unspecified atom stereocenters. The smallest absolute Gasteiger partial charge is 0.331 e. The third-order valence-corrected chi connectivity index (χ3v) is 6.42. The number of benzene rings is 2. The average molecular weight is 410 g/mol. The molecule has 0 fully saturated rings. The molecule has 0 N–H and O–H groups in total. The van der Waals surface area contributed by atoms with E-state index in [0.717, 1.165) is 12.1 Å². The predicted molar refractivity (Wildman–Crippen MR) is 110 cm³/mol. The van der Waals surface area contributed by atoms with E-state index in [0.29, 0.717) is 35.3 Å². The summed E-state index contributed by atoms with van der Waals surface area (Å²) in [6.07, 6.45) is 0. The SMILES string of the molecule is Cc1ccc(N2c3ccccc3N(CCOCCN(C)C)S2(=O)=O)c(Cl)c1. The van der Waals surface area contributed by atoms with Crippen LogP contribution in [-0.2, 0) is 14.9 Å². The molecule has 1 aliphatic heterocycles. The second kappa shape index (κ2) is 8.06. The topological polar surface area (TPSA) is 53.1 Å². The predicted octanol–water partition coefficient (Wildman–Crippen LogP) is 3.43. The Morgan fingerprint density at radius 2 is 1.74 bits per heavy atom. The zero-order chi connectivity index (χ0) is 19.6. The summed E-state index contributed by atoms with van der Waals surface area (Å²) >= 11 is 6.37. The number of anilines is 3. The van der Waals surface area contributed by atoms with Gasteiger partial charge in [-0.3, -0.25) is 0 Å². The molecule has 6 nitrogen and oxygen atoms in total. The van der Waals surface area contributed by atoms with E-state index in [4.69, 9.17) is 16.3 Å². The number of fused-ring (bicyclic) bond motifs is 1. The minimum Gasteiger partial charge on any atom is -0.378 e. The molecule has 8 heteroatoms. The van der Waals surface area contributed by atoms with Crippen LogP contribution < -0.4 is 8.61 Å². The molecule has 0 amide bonds. The van der Waals surface area contributed by atoms with Gasteiger partial charge in [-0.15, -0.1) is 0 Å². The molecule has 2 aromatic carbocycles. The number of hydrogen-bond acceptors (Lipinski definition) is 4. The fourth-order valence-corrected chi connectivity index (χ4v) is 5.04. The second-order valence-electron chi connectivity index (χ2n) is 6.70. The zero-order valence-corrected chi connectivity index (χ0v) is 17.3. The van der Waals surface area contributed by atoms with Crippen LogP contribution in [0.15, 0.2) is 42.5 Å². The van der Waals surface area contributed by atoms with E-state index in [1.165, 1.54) is 8.61 Å². The molecule has 0 saturated carbocycles. The first-order chi connectivity index (χ1) is 12.8. The highest BCUT2D eigenvalue weighted by atomic mass is 35.5. The molecule has 146 valence electrons. The van der Waals surface area contributed by atoms with Gasteiger partial charge in [0.15, 0.2) is 0 Å². The number of likely N-dealkylation sites (N-methyl/N-ethyl adjacent to an activating group) is 1. The molecule has 0 spiro atoms. The fraction of sp³-hybridized carbons (Fsp3) is 0.368. The Morgan fingerprint density at radius 1 is 1.04 bits per heavy atom. The largest absolute Gasteiger partial charge is 0.378 e. The van der Waals surface area contributed by atoms with Crippen LogP contribution in [0.25, 0.3) is 0 Å². The molecule has 3 rings (SSSR count). The summed E-state index contributed by atoms with van der Waals surface area (Å²) in [6, 6.07) is 12.6. The number of nitrogens with zero attached hydrogens (tertiary/aromatic N) is 3. The van der Waals surface area contributed by atoms with Gasteiger partial charge in [0.05, 0.1) is 41.8 Å². The van der Waals surface area contributed by atoms with E-state index < -0.39 is 10.2 Å². The molecule has 0 atom stereocenters. The highest BCUT2D eigenvalue weighted by Gasteiger charge is 2.41. The molecular weight excluding hydrogens is 386 g/mol. The fourth-order valence-electron chi connectivity index (χ4n) is 2.96. The van der Waals surface area contributed by atoms with Crippen LogP contribution in [0.1, 0.15) is 5.56 Å². The maximum Gasteiger partial charge on any atom is 0.331 e. The second-order valence-corrected chi connectivity index (χ2v) is 8.81. The highest BCUT2D eigenvalue weighted by Crippen LogP contribution is 2.46. The van der Waals surface area contributed by atoms with E-state index >= 15 is 0 Å². The molecule has 1 heterocycles. The summed E-state index contributed by atoms with van der Waals surface area (Å²) in [5.74, 6) is 0. The minimum atomic E-state index is -3.79. The Morgan fingerprint density at radius 3 is 2.41 bits per heavy atom. The Labute approximate surface area is 166 Å². The average Bonchev–Trinajstić information content (AvgIpc) is 2.82. The number of halogens is 1. The number of aryl methyl sites for hydroxylation is 1. The van der Waals surface area contributed by atoms with E-state index in [-0.39, 0.29) is 6.54 Å². The van der Waals surface area contributed by atoms with E-state index in [9.17, 15) is 8.42 Å². The number of ether oxygens (including phenoxy) is 1. The van der Waals surface area contributed by atoms with Crippen molar-refractivity contribution in [1.29, 1.82) is 0 Å². The van der Waals surface area contributed by atoms with Gasteiger partial charge in [0, 0.05) is 6.54 Å². The normalized spacial score (nSPS) is 15.4. The van der Waals surface area contributed by atoms with Crippen LogP contribution >= 0.6 is 11.6 Å². The van der Waals surface area contributed by atoms with Gasteiger partial charge in [-0.25, -0.2) is 8.61 Å². The van der Waals surface area contributed by atoms with Crippen LogP contribution in [-0.4, -0.2) is 53.7 Å². The van der Waals surface area contributed by atoms with Gasteiger partial charge in [-0.1, -0.05) is 29.8 Å². The monoisotopic (exact) mass is 409 g/mol. The third kappa shape index (κ3) is 4.06. The van der Waals surface area contributed by atoms with Crippen molar-refractivity contribution in [2.75, 3.05) is 49.0 Å². The van der Waals surface area contributed by atoms with Crippen LogP contribution in [0.5, 0.6) is 0 Å². The lowest BCUT2D eigenvalue weighted by Gasteiger charge is -2.22. The number of para-hydroxylation sites is 2. The zero-order valence-electron chi connectivity index (χ0n) is 15.7. The maximum absolute atomic E-state index is 13.3. The molecule has 27 heavy (non-hydrogen) atoms. The van der Waals surface area contributed by atoms with Gasteiger partial charge < -0.3 is 9.64 Å². The van der Waals surface area contributed by atoms with Crippen molar-refractivity contribution in [1.82, 2.24) is 4.90 Å². The van der Waals surface area contributed by atoms with Gasteiger partial charge in [0.1, 0.15) is 0 Å². The summed E-state index contributed by atoms with van der Waals surface area (Å²) in [4.78, 5) is 2.02. The summed E-state index contributed by atoms with van der Waals surface area (Å²) in [6.45, 7) is 3.81. The number of rotatable bonds is 7. The van der Waals surface area contributed by atoms with Gasteiger partial charge >= 0.3 is 10.2 Å². The van der Waals surface area contributed by atoms with Gasteiger partial charge in [-0.2, -0.15) is 8.42 Å². The van der Waals surface area contributed by atoms with Crippen LogP contribution in [0.4, 0.5) is 17.1 Å². The van der Waals surface area contributed by atoms with E-state index in [1.54, 1.807) is 24.3 Å². The molecule has 0 aromatic heterocycles. The Kier molecular flexibility index (Phi) is 5.95. The molecule has 1 aliphatic rings. The summed E-state index contributed by atoms with van der Waals surface area (Å²) in [5, 5.41) is 0.400. The quantitative estimate of drug-likeness (QED) is 0.657. The van der Waals surface area contributed by atoms with Gasteiger partial charge in [0.25, 0.3) is 0 Å². The lowest BCUT2D eigenvalue weighted by Crippen LogP contribution is -2.37. The number of hydrogen-bond donors (Lipinski definition) is 0. The first-order valence-electron chi connectivity index (χ1n) is 8.73. The lowest BCUT2D eigenvalue weighted by atomic mass is 10.2. The Hall–Kier alpha value is -1.80. The van der Waals surface area contributed by atoms with Gasteiger partial charge in [0.2, 0.25) is 0 Å². The molecule has 0 saturated heterocycles. The van der Waals surface area contributed by atoms with Crippen molar-refractivity contribution >= 4 is 38.9 Å². The van der Waals surface area contributed by atoms with Crippen molar-refractivity contribution in [3.8, 4) is 0 Å². The van der Waals surface area contributed by atoms with Crippen molar-refractivity contribution in [3.63, 3.8) is 0 Å². The Bertz CT molecular complexity index is 918. The summed E-state index contributed by atoms with van der Waals surface area (Å²) in [5.41, 5.74) is 2.65. The highest BCUT2D eigenvalue weighted by molar-refractivity contribution is 7.95. The molecule has 0 bridgehead atoms. The first kappa shape index (κ1) is 19.9. The van der Waals surface area contributed by atoms with Gasteiger partial charge in [-0.05, 0) is 50.8 Å². The van der Waals surface area contributed by atoms with Crippen LogP contribution in [0.3, 0.4) is 0 Å². The molecule has 0 radical (unpaired) electrons. The minimum absolute atomic E-state index is 0.243. The lowest BCUT2D eigenvalue weighted by molar-refractivity contribution is 0.124. The standard InChI is InChI=1S/C19H24ClN3O3S/c1-15-8-9-17(16(20)14-15)23-19-7-5-4-6-18(19)22(27(23,24)25)11-13-26-12-10-21(2)3/h4-9,14H,10-13H2,1-3H3. The van der Waals surface area contributed by atoms with Crippen LogP contribution in [0.2, 0.25) is 5.02 Å². The first-order valence-corrected chi connectivity index (χ1v) is 10.5. The maximum atomic E-state index is 13.3. The van der Waals surface area contributed by atoms with Crippen molar-refractivity contribution < 1.29 is 13.2 Å². The van der Waals surface area contributed by atoms with Crippen molar-refractivity contribution in [3.05, 3.63) is 53.1 Å². The van der Waals surface area contributed by atoms with E-state index in [1.807, 2.05) is 44.1 Å². The summed E-state index contributed by atoms with van der Waals surface area (Å²) in [7, 11) is 0.145. The Balaban J connectivity index is 1.89. The van der Waals surface area contributed by atoms with Crippen molar-refractivity contribution in [2.24, 2.45) is 0 Å².